The number of rotatable bonds is 12. The molecule has 0 saturated carbocycles. The van der Waals surface area contributed by atoms with Crippen LogP contribution in [0.2, 0.25) is 0 Å². The van der Waals surface area contributed by atoms with Crippen LogP contribution in [0.15, 0.2) is 54.6 Å². The van der Waals surface area contributed by atoms with Gasteiger partial charge in [-0.25, -0.2) is 9.07 Å². The molecule has 0 aliphatic carbocycles. The van der Waals surface area contributed by atoms with Crippen LogP contribution < -0.4 is 4.74 Å². The number of halogens is 1. The topological polar surface area (TPSA) is 59.8 Å². The summed E-state index contributed by atoms with van der Waals surface area (Å²) in [5.74, 6) is 0.173. The van der Waals surface area contributed by atoms with Crippen LogP contribution in [0, 0.1) is 12.7 Å². The van der Waals surface area contributed by atoms with E-state index in [1.165, 1.54) is 6.07 Å². The molecule has 3 rings (SSSR count). The fraction of sp³-hybridized carbons (Fsp3) is 0.423. The summed E-state index contributed by atoms with van der Waals surface area (Å²) >= 11 is 0. The molecule has 1 N–H and O–H groups in total. The zero-order valence-corrected chi connectivity index (χ0v) is 19.9. The lowest BCUT2D eigenvalue weighted by Crippen LogP contribution is -2.40. The van der Waals surface area contributed by atoms with Gasteiger partial charge in [-0.05, 0) is 51.5 Å². The van der Waals surface area contributed by atoms with Crippen LogP contribution in [-0.4, -0.2) is 51.7 Å². The smallest absolute Gasteiger partial charge is 0.227 e. The average Bonchev–Trinajstić information content (AvgIpc) is 3.13. The highest BCUT2D eigenvalue weighted by Gasteiger charge is 2.25. The van der Waals surface area contributed by atoms with Gasteiger partial charge in [-0.1, -0.05) is 37.3 Å². The lowest BCUT2D eigenvalue weighted by Gasteiger charge is -2.30. The molecule has 0 spiro atoms. The first-order valence-corrected chi connectivity index (χ1v) is 11.5. The Kier molecular flexibility index (Phi) is 9.00. The molecule has 2 aromatic carbocycles. The van der Waals surface area contributed by atoms with Gasteiger partial charge in [0, 0.05) is 25.7 Å². The summed E-state index contributed by atoms with van der Waals surface area (Å²) in [6, 6.07) is 16.2. The van der Waals surface area contributed by atoms with Gasteiger partial charge >= 0.3 is 0 Å². The molecule has 2 atom stereocenters. The number of ether oxygens (including phenoxy) is 2. The standard InChI is InChI=1S/C26H34FN3O3/c1-5-19(3)29(16-22(31)18-32-6-2)17-23-20(4)28-30(21-12-8-7-9-13-21)26(23)33-25-15-11-10-14-24(25)27/h7-15,19,22,31H,5-6,16-18H2,1-4H3/t19-,22+/m1/s1. The molecule has 0 fully saturated rings. The summed E-state index contributed by atoms with van der Waals surface area (Å²) in [6.07, 6.45) is 0.302. The van der Waals surface area contributed by atoms with Crippen LogP contribution in [0.4, 0.5) is 4.39 Å². The Morgan fingerprint density at radius 1 is 1.09 bits per heavy atom. The van der Waals surface area contributed by atoms with Crippen LogP contribution in [0.5, 0.6) is 11.6 Å². The molecule has 33 heavy (non-hydrogen) atoms. The van der Waals surface area contributed by atoms with E-state index in [9.17, 15) is 9.50 Å². The van der Waals surface area contributed by atoms with E-state index in [4.69, 9.17) is 14.6 Å². The van der Waals surface area contributed by atoms with Gasteiger partial charge < -0.3 is 14.6 Å². The van der Waals surface area contributed by atoms with Gasteiger partial charge in [-0.15, -0.1) is 0 Å². The summed E-state index contributed by atoms with van der Waals surface area (Å²) < 4.78 is 27.7. The van der Waals surface area contributed by atoms with Gasteiger partial charge in [0.2, 0.25) is 5.88 Å². The molecule has 6 nitrogen and oxygen atoms in total. The number of aliphatic hydroxyl groups is 1. The van der Waals surface area contributed by atoms with Crippen molar-refractivity contribution in [1.29, 1.82) is 0 Å². The SMILES string of the molecule is CCOC[C@@H](O)CN(Cc1c(C)nn(-c2ccccc2)c1Oc1ccccc1F)[C@H](C)CC. The molecule has 178 valence electrons. The predicted octanol–water partition coefficient (Wildman–Crippen LogP) is 5.11. The van der Waals surface area contributed by atoms with Crippen molar-refractivity contribution in [2.24, 2.45) is 0 Å². The zero-order valence-electron chi connectivity index (χ0n) is 19.9. The molecule has 3 aromatic rings. The summed E-state index contributed by atoms with van der Waals surface area (Å²) in [6.45, 7) is 9.87. The number of aliphatic hydroxyl groups excluding tert-OH is 1. The maximum atomic E-state index is 14.5. The lowest BCUT2D eigenvalue weighted by atomic mass is 10.1. The molecule has 0 aliphatic rings. The van der Waals surface area contributed by atoms with Gasteiger partial charge in [0.15, 0.2) is 11.6 Å². The van der Waals surface area contributed by atoms with Gasteiger partial charge in [0.05, 0.1) is 29.7 Å². The number of aryl methyl sites for hydroxylation is 1. The molecule has 0 amide bonds. The van der Waals surface area contributed by atoms with Crippen molar-refractivity contribution in [3.8, 4) is 17.3 Å². The van der Waals surface area contributed by atoms with Crippen molar-refractivity contribution < 1.29 is 19.0 Å². The fourth-order valence-electron chi connectivity index (χ4n) is 3.64. The Labute approximate surface area is 195 Å². The lowest BCUT2D eigenvalue weighted by molar-refractivity contribution is 0.0111. The molecule has 0 saturated heterocycles. The van der Waals surface area contributed by atoms with Crippen molar-refractivity contribution >= 4 is 0 Å². The van der Waals surface area contributed by atoms with E-state index in [1.807, 2.05) is 44.2 Å². The minimum Gasteiger partial charge on any atom is -0.435 e. The first kappa shape index (κ1) is 24.9. The second-order valence-electron chi connectivity index (χ2n) is 8.15. The van der Waals surface area contributed by atoms with Crippen molar-refractivity contribution in [2.75, 3.05) is 19.8 Å². The molecule has 1 heterocycles. The number of hydrogen-bond acceptors (Lipinski definition) is 5. The van der Waals surface area contributed by atoms with E-state index in [0.717, 1.165) is 23.4 Å². The highest BCUT2D eigenvalue weighted by Crippen LogP contribution is 2.33. The second kappa shape index (κ2) is 11.9. The third kappa shape index (κ3) is 6.41. The normalized spacial score (nSPS) is 13.3. The van der Waals surface area contributed by atoms with E-state index >= 15 is 0 Å². The monoisotopic (exact) mass is 455 g/mol. The minimum absolute atomic E-state index is 0.141. The summed E-state index contributed by atoms with van der Waals surface area (Å²) in [4.78, 5) is 2.19. The van der Waals surface area contributed by atoms with Crippen molar-refractivity contribution in [3.05, 3.63) is 71.7 Å². The van der Waals surface area contributed by atoms with E-state index in [-0.39, 0.29) is 18.4 Å². The van der Waals surface area contributed by atoms with Gasteiger partial charge in [0.1, 0.15) is 0 Å². The number of aromatic nitrogens is 2. The number of para-hydroxylation sites is 2. The molecule has 0 unspecified atom stereocenters. The minimum atomic E-state index is -0.612. The molecule has 1 aromatic heterocycles. The number of hydrogen-bond donors (Lipinski definition) is 1. The van der Waals surface area contributed by atoms with E-state index < -0.39 is 11.9 Å². The number of nitrogens with zero attached hydrogens (tertiary/aromatic N) is 3. The van der Waals surface area contributed by atoms with Gasteiger partial charge in [-0.3, -0.25) is 4.90 Å². The average molecular weight is 456 g/mol. The number of benzene rings is 2. The highest BCUT2D eigenvalue weighted by molar-refractivity contribution is 5.43. The summed E-state index contributed by atoms with van der Waals surface area (Å²) in [5, 5.41) is 15.2. The quantitative estimate of drug-likeness (QED) is 0.411. The van der Waals surface area contributed by atoms with Gasteiger partial charge in [-0.2, -0.15) is 5.10 Å². The van der Waals surface area contributed by atoms with E-state index in [2.05, 4.69) is 18.7 Å². The van der Waals surface area contributed by atoms with Crippen LogP contribution in [0.1, 0.15) is 38.4 Å². The molecular weight excluding hydrogens is 421 g/mol. The Balaban J connectivity index is 2.00. The molecular formula is C26H34FN3O3. The maximum Gasteiger partial charge on any atom is 0.227 e. The summed E-state index contributed by atoms with van der Waals surface area (Å²) in [5.41, 5.74) is 2.47. The highest BCUT2D eigenvalue weighted by atomic mass is 19.1. The largest absolute Gasteiger partial charge is 0.435 e. The fourth-order valence-corrected chi connectivity index (χ4v) is 3.64. The van der Waals surface area contributed by atoms with E-state index in [0.29, 0.717) is 25.6 Å². The summed E-state index contributed by atoms with van der Waals surface area (Å²) in [7, 11) is 0. The Hall–Kier alpha value is -2.74. The zero-order chi connectivity index (χ0) is 23.8. The van der Waals surface area contributed by atoms with Crippen LogP contribution in [-0.2, 0) is 11.3 Å². The van der Waals surface area contributed by atoms with Crippen LogP contribution in [0.25, 0.3) is 5.69 Å². The van der Waals surface area contributed by atoms with Crippen molar-refractivity contribution in [1.82, 2.24) is 14.7 Å². The molecule has 0 radical (unpaired) electrons. The third-order valence-corrected chi connectivity index (χ3v) is 5.72. The van der Waals surface area contributed by atoms with E-state index in [1.54, 1.807) is 22.9 Å². The first-order chi connectivity index (χ1) is 15.9. The molecule has 0 aliphatic heterocycles. The Morgan fingerprint density at radius 3 is 2.45 bits per heavy atom. The first-order valence-electron chi connectivity index (χ1n) is 11.5. The van der Waals surface area contributed by atoms with Crippen LogP contribution in [0.3, 0.4) is 0 Å². The van der Waals surface area contributed by atoms with Crippen molar-refractivity contribution in [2.45, 2.75) is 52.8 Å². The Morgan fingerprint density at radius 2 is 1.79 bits per heavy atom. The third-order valence-electron chi connectivity index (χ3n) is 5.72. The molecule has 7 heteroatoms. The Bertz CT molecular complexity index is 1010. The van der Waals surface area contributed by atoms with Crippen LogP contribution >= 0.6 is 0 Å². The molecule has 0 bridgehead atoms. The second-order valence-corrected chi connectivity index (χ2v) is 8.15. The maximum absolute atomic E-state index is 14.5. The van der Waals surface area contributed by atoms with Gasteiger partial charge in [0.25, 0.3) is 0 Å². The van der Waals surface area contributed by atoms with Crippen molar-refractivity contribution in [3.63, 3.8) is 0 Å². The predicted molar refractivity (Wildman–Crippen MR) is 127 cm³/mol.